The van der Waals surface area contributed by atoms with Gasteiger partial charge in [-0.05, 0) is 49.1 Å². The standard InChI is InChI=1S/C23H23F3N2O4/c1-14(15-5-6-19-18(11-15)28-20(29)13-32-19)27-21(30)22(7-9-31-10-8-22)16-3-2-4-17(12-16)23(24,25)26/h2-6,11-12,14H,7-10,13H2,1H3,(H,27,30)(H,28,29). The number of carbonyl (C=O) groups is 2. The van der Waals surface area contributed by atoms with E-state index in [1.54, 1.807) is 31.2 Å². The molecule has 1 atom stereocenters. The number of alkyl halides is 3. The normalized spacial score (nSPS) is 18.7. The summed E-state index contributed by atoms with van der Waals surface area (Å²) in [5.74, 6) is -0.0839. The van der Waals surface area contributed by atoms with Gasteiger partial charge in [0.25, 0.3) is 5.91 Å². The Labute approximate surface area is 183 Å². The number of amides is 2. The highest BCUT2D eigenvalue weighted by Gasteiger charge is 2.43. The Bertz CT molecular complexity index is 1030. The van der Waals surface area contributed by atoms with Crippen molar-refractivity contribution in [2.75, 3.05) is 25.1 Å². The Morgan fingerprint density at radius 2 is 1.91 bits per heavy atom. The molecule has 2 aromatic rings. The van der Waals surface area contributed by atoms with E-state index in [0.717, 1.165) is 17.7 Å². The van der Waals surface area contributed by atoms with Gasteiger partial charge in [0.15, 0.2) is 6.61 Å². The minimum absolute atomic E-state index is 0.0553. The second-order valence-electron chi connectivity index (χ2n) is 8.06. The average Bonchev–Trinajstić information content (AvgIpc) is 2.78. The molecule has 4 rings (SSSR count). The maximum Gasteiger partial charge on any atom is 0.416 e. The van der Waals surface area contributed by atoms with Gasteiger partial charge in [-0.3, -0.25) is 9.59 Å². The number of nitrogens with one attached hydrogen (secondary N) is 2. The van der Waals surface area contributed by atoms with Crippen molar-refractivity contribution < 1.29 is 32.2 Å². The zero-order valence-corrected chi connectivity index (χ0v) is 17.4. The van der Waals surface area contributed by atoms with Gasteiger partial charge in [0.2, 0.25) is 5.91 Å². The quantitative estimate of drug-likeness (QED) is 0.743. The lowest BCUT2D eigenvalue weighted by atomic mass is 9.72. The highest BCUT2D eigenvalue weighted by Crippen LogP contribution is 2.39. The van der Waals surface area contributed by atoms with Crippen LogP contribution in [0.2, 0.25) is 0 Å². The molecule has 9 heteroatoms. The molecule has 2 aliphatic rings. The summed E-state index contributed by atoms with van der Waals surface area (Å²) in [6.07, 6.45) is -3.94. The molecule has 0 saturated carbocycles. The Balaban J connectivity index is 1.61. The van der Waals surface area contributed by atoms with Crippen molar-refractivity contribution in [2.45, 2.75) is 37.4 Å². The van der Waals surface area contributed by atoms with E-state index in [4.69, 9.17) is 9.47 Å². The molecule has 2 heterocycles. The summed E-state index contributed by atoms with van der Waals surface area (Å²) in [6, 6.07) is 9.72. The first kappa shape index (κ1) is 22.1. The smallest absolute Gasteiger partial charge is 0.416 e. The summed E-state index contributed by atoms with van der Waals surface area (Å²) in [4.78, 5) is 25.1. The first-order chi connectivity index (χ1) is 15.2. The van der Waals surface area contributed by atoms with Crippen LogP contribution in [0.4, 0.5) is 18.9 Å². The molecule has 2 N–H and O–H groups in total. The largest absolute Gasteiger partial charge is 0.482 e. The van der Waals surface area contributed by atoms with Crippen molar-refractivity contribution in [1.29, 1.82) is 0 Å². The Hall–Kier alpha value is -3.07. The van der Waals surface area contributed by atoms with Gasteiger partial charge in [-0.25, -0.2) is 0 Å². The van der Waals surface area contributed by atoms with Crippen molar-refractivity contribution >= 4 is 17.5 Å². The molecule has 2 amide bonds. The fraction of sp³-hybridized carbons (Fsp3) is 0.391. The number of fused-ring (bicyclic) bond motifs is 1. The molecule has 0 aromatic heterocycles. The molecule has 1 fully saturated rings. The number of anilines is 1. The number of carbonyl (C=O) groups excluding carboxylic acids is 2. The molecule has 32 heavy (non-hydrogen) atoms. The third kappa shape index (κ3) is 4.29. The van der Waals surface area contributed by atoms with Gasteiger partial charge in [0.05, 0.1) is 22.7 Å². The van der Waals surface area contributed by atoms with E-state index in [-0.39, 0.29) is 44.5 Å². The Kier molecular flexibility index (Phi) is 5.85. The molecule has 2 aliphatic heterocycles. The van der Waals surface area contributed by atoms with Gasteiger partial charge in [-0.2, -0.15) is 13.2 Å². The summed E-state index contributed by atoms with van der Waals surface area (Å²) in [6.45, 7) is 2.28. The number of hydrogen-bond donors (Lipinski definition) is 2. The summed E-state index contributed by atoms with van der Waals surface area (Å²) >= 11 is 0. The minimum atomic E-state index is -4.50. The van der Waals surface area contributed by atoms with E-state index in [0.29, 0.717) is 17.0 Å². The third-order valence-electron chi connectivity index (χ3n) is 6.01. The fourth-order valence-electron chi connectivity index (χ4n) is 4.15. The SMILES string of the molecule is CC(NC(=O)C1(c2cccc(C(F)(F)F)c2)CCOCC1)c1ccc2c(c1)NC(=O)CO2. The molecule has 0 spiro atoms. The summed E-state index contributed by atoms with van der Waals surface area (Å²) in [7, 11) is 0. The van der Waals surface area contributed by atoms with Crippen LogP contribution in [0.25, 0.3) is 0 Å². The summed E-state index contributed by atoms with van der Waals surface area (Å²) < 4.78 is 50.6. The maximum atomic E-state index is 13.5. The first-order valence-electron chi connectivity index (χ1n) is 10.3. The van der Waals surface area contributed by atoms with Gasteiger partial charge in [0.1, 0.15) is 5.75 Å². The predicted molar refractivity (Wildman–Crippen MR) is 110 cm³/mol. The van der Waals surface area contributed by atoms with Gasteiger partial charge < -0.3 is 20.1 Å². The molecule has 1 unspecified atom stereocenters. The van der Waals surface area contributed by atoms with Crippen molar-refractivity contribution in [3.8, 4) is 5.75 Å². The highest BCUT2D eigenvalue weighted by molar-refractivity contribution is 5.95. The molecule has 1 saturated heterocycles. The number of halogens is 3. The molecular formula is C23H23F3N2O4. The van der Waals surface area contributed by atoms with Crippen LogP contribution in [0.1, 0.15) is 42.5 Å². The van der Waals surface area contributed by atoms with Crippen LogP contribution >= 0.6 is 0 Å². The highest BCUT2D eigenvalue weighted by atomic mass is 19.4. The molecule has 0 bridgehead atoms. The van der Waals surface area contributed by atoms with E-state index >= 15 is 0 Å². The Morgan fingerprint density at radius 1 is 1.16 bits per heavy atom. The Morgan fingerprint density at radius 3 is 2.62 bits per heavy atom. The first-order valence-corrected chi connectivity index (χ1v) is 10.3. The molecule has 2 aromatic carbocycles. The maximum absolute atomic E-state index is 13.5. The number of benzene rings is 2. The summed E-state index contributed by atoms with van der Waals surface area (Å²) in [5, 5.41) is 5.68. The van der Waals surface area contributed by atoms with Crippen LogP contribution in [-0.2, 0) is 25.9 Å². The fourth-order valence-corrected chi connectivity index (χ4v) is 4.15. The second kappa shape index (κ2) is 8.46. The lowest BCUT2D eigenvalue weighted by Crippen LogP contribution is -2.48. The monoisotopic (exact) mass is 448 g/mol. The van der Waals surface area contributed by atoms with Gasteiger partial charge >= 0.3 is 6.18 Å². The van der Waals surface area contributed by atoms with E-state index in [1.165, 1.54) is 6.07 Å². The van der Waals surface area contributed by atoms with Crippen LogP contribution in [-0.4, -0.2) is 31.6 Å². The zero-order valence-electron chi connectivity index (χ0n) is 17.4. The van der Waals surface area contributed by atoms with Crippen LogP contribution in [0.3, 0.4) is 0 Å². The number of rotatable bonds is 4. The third-order valence-corrected chi connectivity index (χ3v) is 6.01. The minimum Gasteiger partial charge on any atom is -0.482 e. The topological polar surface area (TPSA) is 76.7 Å². The van der Waals surface area contributed by atoms with E-state index in [1.807, 2.05) is 0 Å². The molecular weight excluding hydrogens is 425 g/mol. The van der Waals surface area contributed by atoms with E-state index < -0.39 is 23.2 Å². The molecule has 170 valence electrons. The second-order valence-corrected chi connectivity index (χ2v) is 8.06. The molecule has 0 aliphatic carbocycles. The van der Waals surface area contributed by atoms with Crippen molar-refractivity contribution in [3.63, 3.8) is 0 Å². The van der Waals surface area contributed by atoms with Crippen molar-refractivity contribution in [3.05, 3.63) is 59.2 Å². The lowest BCUT2D eigenvalue weighted by Gasteiger charge is -2.37. The summed E-state index contributed by atoms with van der Waals surface area (Å²) in [5.41, 5.74) is -0.342. The predicted octanol–water partition coefficient (Wildman–Crippen LogP) is 3.96. The van der Waals surface area contributed by atoms with Crippen LogP contribution in [0.5, 0.6) is 5.75 Å². The average molecular weight is 448 g/mol. The number of hydrogen-bond acceptors (Lipinski definition) is 4. The van der Waals surface area contributed by atoms with Gasteiger partial charge in [0, 0.05) is 13.2 Å². The number of ether oxygens (including phenoxy) is 2. The van der Waals surface area contributed by atoms with Gasteiger partial charge in [-0.15, -0.1) is 0 Å². The van der Waals surface area contributed by atoms with Crippen LogP contribution in [0, 0.1) is 0 Å². The van der Waals surface area contributed by atoms with Crippen LogP contribution in [0.15, 0.2) is 42.5 Å². The van der Waals surface area contributed by atoms with Gasteiger partial charge in [-0.1, -0.05) is 24.3 Å². The van der Waals surface area contributed by atoms with Crippen molar-refractivity contribution in [2.24, 2.45) is 0 Å². The molecule has 6 nitrogen and oxygen atoms in total. The van der Waals surface area contributed by atoms with Crippen LogP contribution < -0.4 is 15.4 Å². The zero-order chi connectivity index (χ0) is 22.9. The molecule has 0 radical (unpaired) electrons. The van der Waals surface area contributed by atoms with Crippen molar-refractivity contribution in [1.82, 2.24) is 5.32 Å². The van der Waals surface area contributed by atoms with E-state index in [9.17, 15) is 22.8 Å². The van der Waals surface area contributed by atoms with E-state index in [2.05, 4.69) is 10.6 Å². The lowest BCUT2D eigenvalue weighted by molar-refractivity contribution is -0.138.